The molecule has 0 aliphatic carbocycles. The lowest BCUT2D eigenvalue weighted by Gasteiger charge is -2.24. The molecule has 1 aromatic carbocycles. The molecular weight excluding hydrogens is 421 g/mol. The van der Waals surface area contributed by atoms with Crippen molar-refractivity contribution in [2.24, 2.45) is 0 Å². The minimum absolute atomic E-state index is 0.0319. The van der Waals surface area contributed by atoms with E-state index in [1.54, 1.807) is 30.5 Å². The molecule has 126 valence electrons. The van der Waals surface area contributed by atoms with Gasteiger partial charge >= 0.3 is 11.9 Å². The third-order valence-electron chi connectivity index (χ3n) is 3.16. The van der Waals surface area contributed by atoms with E-state index in [2.05, 4.69) is 15.9 Å². The first kappa shape index (κ1) is 18.6. The van der Waals surface area contributed by atoms with Crippen molar-refractivity contribution in [3.05, 3.63) is 62.3 Å². The van der Waals surface area contributed by atoms with Gasteiger partial charge in [0, 0.05) is 10.7 Å². The van der Waals surface area contributed by atoms with E-state index >= 15 is 0 Å². The van der Waals surface area contributed by atoms with Crippen molar-refractivity contribution in [3.8, 4) is 0 Å². The van der Waals surface area contributed by atoms with Crippen LogP contribution >= 0.6 is 39.1 Å². The van der Waals surface area contributed by atoms with Gasteiger partial charge in [0.05, 0.1) is 35.5 Å². The van der Waals surface area contributed by atoms with E-state index in [1.807, 2.05) is 0 Å². The number of esters is 2. The van der Waals surface area contributed by atoms with Crippen molar-refractivity contribution in [2.45, 2.75) is 0 Å². The molecule has 2 rings (SSSR count). The van der Waals surface area contributed by atoms with Gasteiger partial charge in [-0.1, -0.05) is 29.3 Å². The molecule has 0 fully saturated rings. The minimum atomic E-state index is -0.721. The lowest BCUT2D eigenvalue weighted by atomic mass is 10.1. The Morgan fingerprint density at radius 1 is 1.04 bits per heavy atom. The third-order valence-corrected chi connectivity index (χ3v) is 4.92. The van der Waals surface area contributed by atoms with Gasteiger partial charge in [-0.2, -0.15) is 0 Å². The summed E-state index contributed by atoms with van der Waals surface area (Å²) in [6, 6.07) is 3.34. The molecular formula is C16H12BrCl2NO4. The number of ether oxygens (including phenoxy) is 2. The van der Waals surface area contributed by atoms with Gasteiger partial charge < -0.3 is 14.4 Å². The number of halogens is 3. The van der Waals surface area contributed by atoms with Crippen LogP contribution in [0.4, 0.5) is 5.69 Å². The van der Waals surface area contributed by atoms with E-state index in [-0.39, 0.29) is 21.3 Å². The number of anilines is 1. The topological polar surface area (TPSA) is 55.8 Å². The Hall–Kier alpha value is -1.76. The van der Waals surface area contributed by atoms with Crippen LogP contribution in [0, 0.1) is 0 Å². The molecule has 0 amide bonds. The average Bonchev–Trinajstić information content (AvgIpc) is 2.81. The lowest BCUT2D eigenvalue weighted by molar-refractivity contribution is -0.139. The summed E-state index contributed by atoms with van der Waals surface area (Å²) in [5.41, 5.74) is 0.408. The third kappa shape index (κ3) is 3.50. The molecule has 24 heavy (non-hydrogen) atoms. The van der Waals surface area contributed by atoms with Crippen molar-refractivity contribution in [1.82, 2.24) is 0 Å². The summed E-state index contributed by atoms with van der Waals surface area (Å²) in [7, 11) is 2.45. The average molecular weight is 433 g/mol. The highest BCUT2D eigenvalue weighted by atomic mass is 79.9. The van der Waals surface area contributed by atoms with E-state index in [0.29, 0.717) is 10.2 Å². The quantitative estimate of drug-likeness (QED) is 0.528. The van der Waals surface area contributed by atoms with Crippen LogP contribution in [0.1, 0.15) is 0 Å². The maximum absolute atomic E-state index is 12.3. The summed E-state index contributed by atoms with van der Waals surface area (Å²) in [6.07, 6.45) is 6.28. The number of methoxy groups -OCH3 is 2. The van der Waals surface area contributed by atoms with Gasteiger partial charge in [-0.3, -0.25) is 0 Å². The van der Waals surface area contributed by atoms with Crippen molar-refractivity contribution < 1.29 is 19.1 Å². The van der Waals surface area contributed by atoms with Gasteiger partial charge in [-0.05, 0) is 40.2 Å². The summed E-state index contributed by atoms with van der Waals surface area (Å²) < 4.78 is 10.2. The number of rotatable bonds is 3. The van der Waals surface area contributed by atoms with Gasteiger partial charge in [0.25, 0.3) is 0 Å². The van der Waals surface area contributed by atoms with Crippen LogP contribution in [0.2, 0.25) is 10.0 Å². The smallest absolute Gasteiger partial charge is 0.355 e. The predicted molar refractivity (Wildman–Crippen MR) is 96.0 cm³/mol. The van der Waals surface area contributed by atoms with Crippen LogP contribution in [-0.2, 0) is 19.1 Å². The SMILES string of the molecule is COC(=O)C1=C(C(=O)OC)N(c2ccc(Br)c(Cl)c2Cl)C=CC=C1. The first-order valence-electron chi connectivity index (χ1n) is 6.60. The monoisotopic (exact) mass is 431 g/mol. The van der Waals surface area contributed by atoms with Gasteiger partial charge in [-0.15, -0.1) is 0 Å². The summed E-state index contributed by atoms with van der Waals surface area (Å²) >= 11 is 15.8. The van der Waals surface area contributed by atoms with E-state index in [4.69, 9.17) is 32.7 Å². The highest BCUT2D eigenvalue weighted by Gasteiger charge is 2.29. The number of allylic oxidation sites excluding steroid dienone is 2. The van der Waals surface area contributed by atoms with Crippen molar-refractivity contribution >= 4 is 56.8 Å². The zero-order valence-electron chi connectivity index (χ0n) is 12.7. The maximum atomic E-state index is 12.3. The van der Waals surface area contributed by atoms with Crippen LogP contribution in [0.5, 0.6) is 0 Å². The number of benzene rings is 1. The zero-order valence-corrected chi connectivity index (χ0v) is 15.8. The molecule has 0 N–H and O–H groups in total. The normalized spacial score (nSPS) is 13.8. The maximum Gasteiger partial charge on any atom is 0.355 e. The second kappa shape index (κ2) is 7.88. The fraction of sp³-hybridized carbons (Fsp3) is 0.125. The molecule has 0 saturated carbocycles. The molecule has 1 aliphatic heterocycles. The van der Waals surface area contributed by atoms with Crippen LogP contribution in [0.25, 0.3) is 0 Å². The van der Waals surface area contributed by atoms with Crippen LogP contribution in [0.15, 0.2) is 52.3 Å². The van der Waals surface area contributed by atoms with Crippen LogP contribution < -0.4 is 4.90 Å². The number of hydrogen-bond acceptors (Lipinski definition) is 5. The highest BCUT2D eigenvalue weighted by molar-refractivity contribution is 9.10. The summed E-state index contributed by atoms with van der Waals surface area (Å²) in [5.74, 6) is -1.40. The Kier molecular flexibility index (Phi) is 6.10. The molecule has 5 nitrogen and oxygen atoms in total. The molecule has 8 heteroatoms. The largest absolute Gasteiger partial charge is 0.465 e. The standard InChI is InChI=1S/C16H12BrCl2NO4/c1-23-15(21)9-5-3-4-8-20(14(9)16(22)24-2)11-7-6-10(17)12(18)13(11)19/h3-8H,1-2H3. The first-order valence-corrected chi connectivity index (χ1v) is 8.15. The molecule has 1 aliphatic rings. The Morgan fingerprint density at radius 3 is 2.33 bits per heavy atom. The second-order valence-corrected chi connectivity index (χ2v) is 6.12. The number of carbonyl (C=O) groups is 2. The predicted octanol–water partition coefficient (Wildman–Crippen LogP) is 4.25. The van der Waals surface area contributed by atoms with E-state index in [9.17, 15) is 9.59 Å². The Balaban J connectivity index is 2.73. The van der Waals surface area contributed by atoms with Gasteiger partial charge in [0.1, 0.15) is 5.70 Å². The highest BCUT2D eigenvalue weighted by Crippen LogP contribution is 2.40. The van der Waals surface area contributed by atoms with Gasteiger partial charge in [0.2, 0.25) is 0 Å². The number of nitrogens with zero attached hydrogens (tertiary/aromatic N) is 1. The minimum Gasteiger partial charge on any atom is -0.465 e. The molecule has 0 bridgehead atoms. The summed E-state index contributed by atoms with van der Waals surface area (Å²) in [6.45, 7) is 0. The number of carbonyl (C=O) groups excluding carboxylic acids is 2. The molecule has 0 saturated heterocycles. The molecule has 0 unspecified atom stereocenters. The van der Waals surface area contributed by atoms with Crippen molar-refractivity contribution in [2.75, 3.05) is 19.1 Å². The molecule has 0 atom stereocenters. The van der Waals surface area contributed by atoms with Crippen LogP contribution in [0.3, 0.4) is 0 Å². The zero-order chi connectivity index (χ0) is 17.9. The number of hydrogen-bond donors (Lipinski definition) is 0. The van der Waals surface area contributed by atoms with Crippen LogP contribution in [-0.4, -0.2) is 26.2 Å². The Bertz CT molecular complexity index is 787. The molecule has 1 aromatic rings. The van der Waals surface area contributed by atoms with E-state index in [1.165, 1.54) is 25.2 Å². The molecule has 0 spiro atoms. The fourth-order valence-corrected chi connectivity index (χ4v) is 2.91. The van der Waals surface area contributed by atoms with Gasteiger partial charge in [0.15, 0.2) is 0 Å². The van der Waals surface area contributed by atoms with E-state index < -0.39 is 11.9 Å². The lowest BCUT2D eigenvalue weighted by Crippen LogP contribution is -2.27. The first-order chi connectivity index (χ1) is 11.4. The van der Waals surface area contributed by atoms with Crippen molar-refractivity contribution in [1.29, 1.82) is 0 Å². The second-order valence-electron chi connectivity index (χ2n) is 4.51. The summed E-state index contributed by atoms with van der Waals surface area (Å²) in [4.78, 5) is 25.8. The molecule has 1 heterocycles. The van der Waals surface area contributed by atoms with E-state index in [0.717, 1.165) is 0 Å². The van der Waals surface area contributed by atoms with Crippen molar-refractivity contribution in [3.63, 3.8) is 0 Å². The Morgan fingerprint density at radius 2 is 1.71 bits per heavy atom. The molecule has 0 radical (unpaired) electrons. The molecule has 0 aromatic heterocycles. The Labute approximate surface area is 157 Å². The fourth-order valence-electron chi connectivity index (χ4n) is 2.05. The summed E-state index contributed by atoms with van der Waals surface area (Å²) in [5, 5.41) is 0.492. The van der Waals surface area contributed by atoms with Gasteiger partial charge in [-0.25, -0.2) is 9.59 Å².